The van der Waals surface area contributed by atoms with E-state index in [1.54, 1.807) is 0 Å². The predicted octanol–water partition coefficient (Wildman–Crippen LogP) is 4.81. The molecule has 1 fully saturated rings. The van der Waals surface area contributed by atoms with Gasteiger partial charge in [0.15, 0.2) is 0 Å². The van der Waals surface area contributed by atoms with Gasteiger partial charge in [-0.2, -0.15) is 0 Å². The van der Waals surface area contributed by atoms with Gasteiger partial charge in [0.2, 0.25) is 5.91 Å². The van der Waals surface area contributed by atoms with Crippen LogP contribution in [-0.2, 0) is 4.79 Å². The second-order valence-corrected chi connectivity index (χ2v) is 7.30. The third-order valence-electron chi connectivity index (χ3n) is 4.52. The van der Waals surface area contributed by atoms with Crippen molar-refractivity contribution in [2.24, 2.45) is 5.92 Å². The smallest absolute Gasteiger partial charge is 0.227 e. The quantitative estimate of drug-likeness (QED) is 0.783. The number of nitrogens with zero attached hydrogens (tertiary/aromatic N) is 1. The van der Waals surface area contributed by atoms with Crippen LogP contribution in [0.15, 0.2) is 65.1 Å². The number of likely N-dealkylation sites (tertiary alicyclic amines) is 1. The Morgan fingerprint density at radius 2 is 1.88 bits per heavy atom. The van der Waals surface area contributed by atoms with E-state index in [1.165, 1.54) is 5.56 Å². The van der Waals surface area contributed by atoms with Crippen molar-refractivity contribution in [3.8, 4) is 0 Å². The van der Waals surface area contributed by atoms with Crippen molar-refractivity contribution in [3.05, 3.63) is 70.7 Å². The number of anilines is 1. The molecule has 1 aliphatic rings. The van der Waals surface area contributed by atoms with Crippen LogP contribution in [0, 0.1) is 5.92 Å². The minimum Gasteiger partial charge on any atom is -0.326 e. The highest BCUT2D eigenvalue weighted by atomic mass is 79.9. The number of nitrogens with one attached hydrogen (secondary N) is 1. The van der Waals surface area contributed by atoms with Gasteiger partial charge in [0.1, 0.15) is 0 Å². The fourth-order valence-corrected chi connectivity index (χ4v) is 3.49. The summed E-state index contributed by atoms with van der Waals surface area (Å²) in [6.45, 7) is 2.88. The van der Waals surface area contributed by atoms with Gasteiger partial charge in [0.25, 0.3) is 0 Å². The third-order valence-corrected chi connectivity index (χ3v) is 5.02. The van der Waals surface area contributed by atoms with E-state index >= 15 is 0 Å². The summed E-state index contributed by atoms with van der Waals surface area (Å²) in [6, 6.07) is 18.1. The standard InChI is InChI=1S/C21H23BrN2O/c22-19-9-4-10-20(16-19)23-21(25)18-11-14-24(15-12-18)13-5-8-17-6-2-1-3-7-17/h1-10,16,18H,11-15H2,(H,23,25)/b8-5+. The molecule has 2 aromatic rings. The highest BCUT2D eigenvalue weighted by molar-refractivity contribution is 9.10. The van der Waals surface area contributed by atoms with Crippen LogP contribution in [-0.4, -0.2) is 30.4 Å². The first-order chi connectivity index (χ1) is 12.2. The average molecular weight is 399 g/mol. The lowest BCUT2D eigenvalue weighted by atomic mass is 9.96. The van der Waals surface area contributed by atoms with Gasteiger partial charge in [-0.3, -0.25) is 9.69 Å². The summed E-state index contributed by atoms with van der Waals surface area (Å²) in [7, 11) is 0. The van der Waals surface area contributed by atoms with Crippen molar-refractivity contribution in [2.75, 3.05) is 25.0 Å². The molecule has 25 heavy (non-hydrogen) atoms. The Morgan fingerprint density at radius 3 is 2.60 bits per heavy atom. The Hall–Kier alpha value is -1.91. The van der Waals surface area contributed by atoms with E-state index < -0.39 is 0 Å². The highest BCUT2D eigenvalue weighted by Crippen LogP contribution is 2.21. The van der Waals surface area contributed by atoms with Crippen molar-refractivity contribution < 1.29 is 4.79 Å². The monoisotopic (exact) mass is 398 g/mol. The Morgan fingerprint density at radius 1 is 1.12 bits per heavy atom. The molecule has 0 aromatic heterocycles. The van der Waals surface area contributed by atoms with Crippen LogP contribution < -0.4 is 5.32 Å². The number of hydrogen-bond acceptors (Lipinski definition) is 2. The van der Waals surface area contributed by atoms with Crippen molar-refractivity contribution in [1.82, 2.24) is 4.90 Å². The van der Waals surface area contributed by atoms with E-state index in [2.05, 4.69) is 62.6 Å². The van der Waals surface area contributed by atoms with E-state index in [9.17, 15) is 4.79 Å². The fraction of sp³-hybridized carbons (Fsp3) is 0.286. The van der Waals surface area contributed by atoms with E-state index in [0.29, 0.717) is 0 Å². The van der Waals surface area contributed by atoms with Crippen LogP contribution in [0.2, 0.25) is 0 Å². The zero-order valence-electron chi connectivity index (χ0n) is 14.2. The summed E-state index contributed by atoms with van der Waals surface area (Å²) in [6.07, 6.45) is 6.20. The summed E-state index contributed by atoms with van der Waals surface area (Å²) in [5.74, 6) is 0.242. The third kappa shape index (κ3) is 5.55. The lowest BCUT2D eigenvalue weighted by Gasteiger charge is -2.30. The molecule has 3 rings (SSSR count). The molecule has 0 radical (unpaired) electrons. The normalized spacial score (nSPS) is 16.2. The van der Waals surface area contributed by atoms with Crippen LogP contribution in [0.4, 0.5) is 5.69 Å². The lowest BCUT2D eigenvalue weighted by Crippen LogP contribution is -2.38. The number of hydrogen-bond donors (Lipinski definition) is 1. The van der Waals surface area contributed by atoms with Gasteiger partial charge in [0.05, 0.1) is 0 Å². The van der Waals surface area contributed by atoms with Crippen LogP contribution in [0.25, 0.3) is 6.08 Å². The Balaban J connectivity index is 1.43. The van der Waals surface area contributed by atoms with Gasteiger partial charge in [0, 0.05) is 22.6 Å². The van der Waals surface area contributed by atoms with E-state index in [4.69, 9.17) is 0 Å². The minimum absolute atomic E-state index is 0.105. The molecule has 1 amide bonds. The van der Waals surface area contributed by atoms with Gasteiger partial charge in [-0.25, -0.2) is 0 Å². The molecule has 0 saturated carbocycles. The van der Waals surface area contributed by atoms with Crippen LogP contribution in [0.5, 0.6) is 0 Å². The fourth-order valence-electron chi connectivity index (χ4n) is 3.09. The second kappa shape index (κ2) is 8.97. The number of halogens is 1. The molecule has 130 valence electrons. The second-order valence-electron chi connectivity index (χ2n) is 6.39. The number of carbonyl (C=O) groups excluding carboxylic acids is 1. The van der Waals surface area contributed by atoms with Gasteiger partial charge < -0.3 is 5.32 Å². The van der Waals surface area contributed by atoms with Crippen molar-refractivity contribution >= 4 is 33.6 Å². The zero-order chi connectivity index (χ0) is 17.5. The molecule has 0 unspecified atom stereocenters. The SMILES string of the molecule is O=C(Nc1cccc(Br)c1)C1CCN(C/C=C/c2ccccc2)CC1. The molecule has 0 atom stereocenters. The van der Waals surface area contributed by atoms with E-state index in [1.807, 2.05) is 30.3 Å². The van der Waals surface area contributed by atoms with Crippen LogP contribution >= 0.6 is 15.9 Å². The zero-order valence-corrected chi connectivity index (χ0v) is 15.8. The maximum Gasteiger partial charge on any atom is 0.227 e. The molecule has 2 aromatic carbocycles. The molecule has 1 N–H and O–H groups in total. The van der Waals surface area contributed by atoms with E-state index in [0.717, 1.165) is 42.6 Å². The number of amides is 1. The van der Waals surface area contributed by atoms with E-state index in [-0.39, 0.29) is 11.8 Å². The molecule has 0 spiro atoms. The van der Waals surface area contributed by atoms with Crippen molar-refractivity contribution in [1.29, 1.82) is 0 Å². The van der Waals surface area contributed by atoms with Gasteiger partial charge in [-0.1, -0.05) is 64.5 Å². The number of benzene rings is 2. The van der Waals surface area contributed by atoms with Crippen LogP contribution in [0.3, 0.4) is 0 Å². The Bertz CT molecular complexity index is 722. The summed E-state index contributed by atoms with van der Waals surface area (Å²) in [4.78, 5) is 14.8. The highest BCUT2D eigenvalue weighted by Gasteiger charge is 2.24. The Labute approximate surface area is 157 Å². The van der Waals surface area contributed by atoms with Crippen molar-refractivity contribution in [2.45, 2.75) is 12.8 Å². The molecular weight excluding hydrogens is 376 g/mol. The minimum atomic E-state index is 0.105. The molecule has 0 aliphatic carbocycles. The van der Waals surface area contributed by atoms with Crippen LogP contribution in [0.1, 0.15) is 18.4 Å². The largest absolute Gasteiger partial charge is 0.326 e. The predicted molar refractivity (Wildman–Crippen MR) is 107 cm³/mol. The number of rotatable bonds is 5. The van der Waals surface area contributed by atoms with Gasteiger partial charge >= 0.3 is 0 Å². The molecular formula is C21H23BrN2O. The number of piperidine rings is 1. The summed E-state index contributed by atoms with van der Waals surface area (Å²) >= 11 is 3.43. The Kier molecular flexibility index (Phi) is 6.42. The molecule has 3 nitrogen and oxygen atoms in total. The average Bonchev–Trinajstić information content (AvgIpc) is 2.63. The lowest BCUT2D eigenvalue weighted by molar-refractivity contribution is -0.121. The van der Waals surface area contributed by atoms with Crippen molar-refractivity contribution in [3.63, 3.8) is 0 Å². The molecule has 0 bridgehead atoms. The van der Waals surface area contributed by atoms with Gasteiger partial charge in [-0.15, -0.1) is 0 Å². The summed E-state index contributed by atoms with van der Waals surface area (Å²) < 4.78 is 0.977. The summed E-state index contributed by atoms with van der Waals surface area (Å²) in [5.41, 5.74) is 2.08. The molecule has 1 saturated heterocycles. The molecule has 1 aliphatic heterocycles. The topological polar surface area (TPSA) is 32.3 Å². The first-order valence-corrected chi connectivity index (χ1v) is 9.50. The first kappa shape index (κ1) is 17.9. The maximum absolute atomic E-state index is 12.4. The molecule has 4 heteroatoms. The van der Waals surface area contributed by atoms with Gasteiger partial charge in [-0.05, 0) is 49.7 Å². The number of carbonyl (C=O) groups is 1. The summed E-state index contributed by atoms with van der Waals surface area (Å²) in [5, 5.41) is 3.03. The maximum atomic E-state index is 12.4. The molecule has 1 heterocycles. The first-order valence-electron chi connectivity index (χ1n) is 8.71.